The lowest BCUT2D eigenvalue weighted by Gasteiger charge is -1.77. The third-order valence-corrected chi connectivity index (χ3v) is 0.957. The van der Waals surface area contributed by atoms with Crippen molar-refractivity contribution >= 4 is 28.4 Å². The fraction of sp³-hybridized carbons (Fsp3) is 0.400. The number of hydrogen-bond acceptors (Lipinski definition) is 1. The Morgan fingerprint density at radius 1 is 1.86 bits per heavy atom. The maximum atomic E-state index is 10.3. The van der Waals surface area contributed by atoms with Crippen molar-refractivity contribution in [2.75, 3.05) is 0 Å². The standard InChI is InChI=1S/C5H7IO/c1-2-5(7)3-4-6/h3-4H,2H2,1H3/b4-3+. The number of hydrogen-bond donors (Lipinski definition) is 0. The number of ketones is 1. The number of carbonyl (C=O) groups is 1. The number of rotatable bonds is 2. The van der Waals surface area contributed by atoms with Gasteiger partial charge in [-0.2, -0.15) is 0 Å². The highest BCUT2D eigenvalue weighted by molar-refractivity contribution is 14.1. The molecule has 0 rings (SSSR count). The fourth-order valence-corrected chi connectivity index (χ4v) is 0.589. The molecule has 0 aromatic rings. The summed E-state index contributed by atoms with van der Waals surface area (Å²) in [7, 11) is 0. The van der Waals surface area contributed by atoms with E-state index in [2.05, 4.69) is 0 Å². The predicted octanol–water partition coefficient (Wildman–Crippen LogP) is 1.91. The Balaban J connectivity index is 3.37. The van der Waals surface area contributed by atoms with Crippen LogP contribution in [0.25, 0.3) is 0 Å². The van der Waals surface area contributed by atoms with Gasteiger partial charge in [0.05, 0.1) is 0 Å². The van der Waals surface area contributed by atoms with Crippen molar-refractivity contribution in [1.82, 2.24) is 0 Å². The third kappa shape index (κ3) is 3.98. The zero-order chi connectivity index (χ0) is 5.70. The van der Waals surface area contributed by atoms with Gasteiger partial charge >= 0.3 is 0 Å². The van der Waals surface area contributed by atoms with Crippen LogP contribution in [0.5, 0.6) is 0 Å². The first-order valence-electron chi connectivity index (χ1n) is 2.11. The van der Waals surface area contributed by atoms with E-state index in [9.17, 15) is 4.79 Å². The van der Waals surface area contributed by atoms with E-state index >= 15 is 0 Å². The largest absolute Gasteiger partial charge is 0.295 e. The summed E-state index contributed by atoms with van der Waals surface area (Å²) < 4.78 is 1.73. The molecule has 0 saturated carbocycles. The zero-order valence-electron chi connectivity index (χ0n) is 4.15. The molecule has 0 N–H and O–H groups in total. The second kappa shape index (κ2) is 4.30. The van der Waals surface area contributed by atoms with Gasteiger partial charge < -0.3 is 0 Å². The molecular formula is C5H7IO. The molecule has 0 aromatic heterocycles. The van der Waals surface area contributed by atoms with Gasteiger partial charge in [0.1, 0.15) is 0 Å². The smallest absolute Gasteiger partial charge is 0.155 e. The Morgan fingerprint density at radius 2 is 2.43 bits per heavy atom. The highest BCUT2D eigenvalue weighted by Gasteiger charge is 1.84. The number of allylic oxidation sites excluding steroid dienone is 1. The molecule has 7 heavy (non-hydrogen) atoms. The molecule has 0 radical (unpaired) electrons. The maximum absolute atomic E-state index is 10.3. The normalized spacial score (nSPS) is 10.0. The molecule has 0 heterocycles. The molecule has 2 heteroatoms. The lowest BCUT2D eigenvalue weighted by atomic mass is 10.3. The summed E-state index contributed by atoms with van der Waals surface area (Å²) in [5, 5.41) is 0. The minimum Gasteiger partial charge on any atom is -0.295 e. The van der Waals surface area contributed by atoms with Crippen LogP contribution >= 0.6 is 22.6 Å². The van der Waals surface area contributed by atoms with E-state index in [0.717, 1.165) is 0 Å². The predicted molar refractivity (Wildman–Crippen MR) is 38.5 cm³/mol. The summed E-state index contributed by atoms with van der Waals surface area (Å²) in [6.45, 7) is 1.85. The molecule has 0 bridgehead atoms. The molecule has 1 nitrogen and oxygen atoms in total. The molecule has 0 spiro atoms. The number of halogens is 1. The van der Waals surface area contributed by atoms with Gasteiger partial charge in [-0.1, -0.05) is 29.5 Å². The lowest BCUT2D eigenvalue weighted by molar-refractivity contribution is -0.114. The van der Waals surface area contributed by atoms with Crippen LogP contribution in [0.1, 0.15) is 13.3 Å². The van der Waals surface area contributed by atoms with E-state index in [-0.39, 0.29) is 5.78 Å². The number of carbonyl (C=O) groups excluding carboxylic acids is 1. The van der Waals surface area contributed by atoms with Crippen LogP contribution in [-0.2, 0) is 4.79 Å². The van der Waals surface area contributed by atoms with E-state index in [1.165, 1.54) is 0 Å². The Morgan fingerprint density at radius 3 is 2.57 bits per heavy atom. The van der Waals surface area contributed by atoms with E-state index < -0.39 is 0 Å². The van der Waals surface area contributed by atoms with Crippen LogP contribution in [-0.4, -0.2) is 5.78 Å². The van der Waals surface area contributed by atoms with Gasteiger partial charge in [-0.3, -0.25) is 4.79 Å². The summed E-state index contributed by atoms with van der Waals surface area (Å²) in [4.78, 5) is 10.3. The molecule has 0 aromatic carbocycles. The topological polar surface area (TPSA) is 17.1 Å². The Hall–Kier alpha value is 0.140. The van der Waals surface area contributed by atoms with Crippen LogP contribution < -0.4 is 0 Å². The van der Waals surface area contributed by atoms with E-state index in [4.69, 9.17) is 0 Å². The van der Waals surface area contributed by atoms with Crippen molar-refractivity contribution in [3.8, 4) is 0 Å². The monoisotopic (exact) mass is 210 g/mol. The van der Waals surface area contributed by atoms with Crippen LogP contribution in [0.4, 0.5) is 0 Å². The molecule has 0 aliphatic heterocycles. The van der Waals surface area contributed by atoms with Crippen molar-refractivity contribution in [2.45, 2.75) is 13.3 Å². The summed E-state index contributed by atoms with van der Waals surface area (Å²) in [5.41, 5.74) is 0. The first kappa shape index (κ1) is 7.14. The van der Waals surface area contributed by atoms with E-state index in [1.54, 1.807) is 10.2 Å². The SMILES string of the molecule is CCC(=O)/C=C/I. The molecule has 0 aliphatic carbocycles. The molecule has 0 aliphatic rings. The Labute approximate surface area is 56.9 Å². The first-order chi connectivity index (χ1) is 3.31. The third-order valence-electron chi connectivity index (χ3n) is 0.597. The molecule has 0 fully saturated rings. The highest BCUT2D eigenvalue weighted by Crippen LogP contribution is 1.87. The van der Waals surface area contributed by atoms with Crippen molar-refractivity contribution < 1.29 is 4.79 Å². The van der Waals surface area contributed by atoms with Crippen LogP contribution in [0.3, 0.4) is 0 Å². The van der Waals surface area contributed by atoms with E-state index in [0.29, 0.717) is 6.42 Å². The Kier molecular flexibility index (Phi) is 4.39. The molecular weight excluding hydrogens is 203 g/mol. The highest BCUT2D eigenvalue weighted by atomic mass is 127. The van der Waals surface area contributed by atoms with E-state index in [1.807, 2.05) is 29.5 Å². The Bertz CT molecular complexity index is 86.1. The van der Waals surface area contributed by atoms with Gasteiger partial charge in [-0.15, -0.1) is 0 Å². The van der Waals surface area contributed by atoms with Gasteiger partial charge in [0.2, 0.25) is 0 Å². The van der Waals surface area contributed by atoms with Gasteiger partial charge in [-0.05, 0) is 10.2 Å². The summed E-state index contributed by atoms with van der Waals surface area (Å²) in [6.07, 6.45) is 2.18. The summed E-state index contributed by atoms with van der Waals surface area (Å²) >= 11 is 2.02. The second-order valence-corrected chi connectivity index (χ2v) is 1.83. The average Bonchev–Trinajstić information content (AvgIpc) is 1.68. The van der Waals surface area contributed by atoms with Crippen molar-refractivity contribution in [3.05, 3.63) is 10.2 Å². The quantitative estimate of drug-likeness (QED) is 0.502. The van der Waals surface area contributed by atoms with Crippen LogP contribution in [0, 0.1) is 0 Å². The van der Waals surface area contributed by atoms with Crippen molar-refractivity contribution in [3.63, 3.8) is 0 Å². The van der Waals surface area contributed by atoms with Gasteiger partial charge in [0.25, 0.3) is 0 Å². The van der Waals surface area contributed by atoms with Crippen molar-refractivity contribution in [2.24, 2.45) is 0 Å². The maximum Gasteiger partial charge on any atom is 0.155 e. The first-order valence-corrected chi connectivity index (χ1v) is 3.35. The minimum absolute atomic E-state index is 0.189. The molecule has 0 amide bonds. The van der Waals surface area contributed by atoms with Crippen LogP contribution in [0.15, 0.2) is 10.2 Å². The second-order valence-electron chi connectivity index (χ2n) is 1.11. The molecule has 40 valence electrons. The average molecular weight is 210 g/mol. The van der Waals surface area contributed by atoms with Gasteiger partial charge in [0.15, 0.2) is 5.78 Å². The van der Waals surface area contributed by atoms with Crippen LogP contribution in [0.2, 0.25) is 0 Å². The molecule has 0 unspecified atom stereocenters. The zero-order valence-corrected chi connectivity index (χ0v) is 6.31. The molecule has 0 saturated heterocycles. The molecule has 0 atom stereocenters. The fourth-order valence-electron chi connectivity index (χ4n) is 0.188. The summed E-state index contributed by atoms with van der Waals surface area (Å²) in [6, 6.07) is 0. The summed E-state index contributed by atoms with van der Waals surface area (Å²) in [5.74, 6) is 0.189. The lowest BCUT2D eigenvalue weighted by Crippen LogP contribution is -1.84. The minimum atomic E-state index is 0.189. The van der Waals surface area contributed by atoms with Gasteiger partial charge in [-0.25, -0.2) is 0 Å². The van der Waals surface area contributed by atoms with Crippen molar-refractivity contribution in [1.29, 1.82) is 0 Å². The van der Waals surface area contributed by atoms with Gasteiger partial charge in [0, 0.05) is 6.42 Å².